The minimum atomic E-state index is 0.161. The first-order valence-corrected chi connectivity index (χ1v) is 7.01. The Labute approximate surface area is 117 Å². The number of aliphatic hydroxyl groups is 1. The van der Waals surface area contributed by atoms with Gasteiger partial charge in [0.2, 0.25) is 0 Å². The van der Waals surface area contributed by atoms with Gasteiger partial charge in [0.15, 0.2) is 0 Å². The van der Waals surface area contributed by atoms with Crippen molar-refractivity contribution in [2.45, 2.75) is 47.2 Å². The normalized spacial score (nSPS) is 12.8. The molecular formula is C16H27NO2. The average Bonchev–Trinajstić information content (AvgIpc) is 2.34. The molecule has 0 radical (unpaired) electrons. The van der Waals surface area contributed by atoms with Crippen LogP contribution < -0.4 is 10.1 Å². The highest BCUT2D eigenvalue weighted by Crippen LogP contribution is 2.25. The van der Waals surface area contributed by atoms with Gasteiger partial charge in [-0.05, 0) is 30.5 Å². The molecule has 0 aromatic heterocycles. The molecule has 1 unspecified atom stereocenters. The SMILES string of the molecule is Cc1cc(CNC(C)C)cc(C)c1OCC(C)CO. The highest BCUT2D eigenvalue weighted by Gasteiger charge is 2.09. The van der Waals surface area contributed by atoms with E-state index in [1.165, 1.54) is 5.56 Å². The minimum Gasteiger partial charge on any atom is -0.493 e. The Balaban J connectivity index is 2.73. The summed E-state index contributed by atoms with van der Waals surface area (Å²) in [6, 6.07) is 4.82. The van der Waals surface area contributed by atoms with E-state index in [-0.39, 0.29) is 12.5 Å². The van der Waals surface area contributed by atoms with Crippen molar-refractivity contribution >= 4 is 0 Å². The van der Waals surface area contributed by atoms with Crippen LogP contribution in [0.3, 0.4) is 0 Å². The summed E-state index contributed by atoms with van der Waals surface area (Å²) in [4.78, 5) is 0. The molecule has 0 aliphatic heterocycles. The Hall–Kier alpha value is -1.06. The summed E-state index contributed by atoms with van der Waals surface area (Å²) >= 11 is 0. The largest absolute Gasteiger partial charge is 0.493 e. The van der Waals surface area contributed by atoms with E-state index in [0.29, 0.717) is 12.6 Å². The Kier molecular flexibility index (Phi) is 6.32. The predicted molar refractivity (Wildman–Crippen MR) is 79.6 cm³/mol. The van der Waals surface area contributed by atoms with E-state index < -0.39 is 0 Å². The van der Waals surface area contributed by atoms with Gasteiger partial charge in [0.05, 0.1) is 6.61 Å². The van der Waals surface area contributed by atoms with E-state index in [4.69, 9.17) is 9.84 Å². The van der Waals surface area contributed by atoms with Crippen LogP contribution in [-0.2, 0) is 6.54 Å². The smallest absolute Gasteiger partial charge is 0.125 e. The second-order valence-corrected chi connectivity index (χ2v) is 5.69. The van der Waals surface area contributed by atoms with E-state index in [1.807, 2.05) is 6.92 Å². The summed E-state index contributed by atoms with van der Waals surface area (Å²) in [6.45, 7) is 12.0. The zero-order valence-corrected chi connectivity index (χ0v) is 12.8. The molecular weight excluding hydrogens is 238 g/mol. The van der Waals surface area contributed by atoms with Crippen LogP contribution in [0, 0.1) is 19.8 Å². The second kappa shape index (κ2) is 7.51. The molecule has 0 fully saturated rings. The van der Waals surface area contributed by atoms with Crippen LogP contribution >= 0.6 is 0 Å². The molecule has 19 heavy (non-hydrogen) atoms. The number of rotatable bonds is 7. The molecule has 1 atom stereocenters. The maximum Gasteiger partial charge on any atom is 0.125 e. The van der Waals surface area contributed by atoms with Gasteiger partial charge < -0.3 is 15.2 Å². The minimum absolute atomic E-state index is 0.161. The van der Waals surface area contributed by atoms with Crippen LogP contribution in [0.1, 0.15) is 37.5 Å². The zero-order valence-electron chi connectivity index (χ0n) is 12.8. The van der Waals surface area contributed by atoms with Crippen LogP contribution in [0.4, 0.5) is 0 Å². The molecule has 0 aliphatic carbocycles. The molecule has 0 heterocycles. The van der Waals surface area contributed by atoms with Gasteiger partial charge in [-0.25, -0.2) is 0 Å². The highest BCUT2D eigenvalue weighted by atomic mass is 16.5. The van der Waals surface area contributed by atoms with Gasteiger partial charge in [-0.3, -0.25) is 0 Å². The molecule has 108 valence electrons. The van der Waals surface area contributed by atoms with E-state index in [1.54, 1.807) is 0 Å². The Morgan fingerprint density at radius 2 is 1.74 bits per heavy atom. The predicted octanol–water partition coefficient (Wildman–Crippen LogP) is 2.81. The quantitative estimate of drug-likeness (QED) is 0.796. The van der Waals surface area contributed by atoms with Crippen LogP contribution in [0.2, 0.25) is 0 Å². The Morgan fingerprint density at radius 3 is 2.21 bits per heavy atom. The molecule has 1 aromatic rings. The first-order valence-electron chi connectivity index (χ1n) is 7.01. The monoisotopic (exact) mass is 265 g/mol. The third-order valence-electron chi connectivity index (χ3n) is 3.06. The zero-order chi connectivity index (χ0) is 14.4. The van der Waals surface area contributed by atoms with Crippen molar-refractivity contribution in [1.82, 2.24) is 5.32 Å². The first kappa shape index (κ1) is 16.0. The molecule has 3 heteroatoms. The van der Waals surface area contributed by atoms with E-state index >= 15 is 0 Å². The fourth-order valence-electron chi connectivity index (χ4n) is 1.97. The van der Waals surface area contributed by atoms with E-state index in [0.717, 1.165) is 23.4 Å². The van der Waals surface area contributed by atoms with Crippen LogP contribution in [0.25, 0.3) is 0 Å². The van der Waals surface area contributed by atoms with E-state index in [2.05, 4.69) is 45.1 Å². The van der Waals surface area contributed by atoms with Crippen molar-refractivity contribution < 1.29 is 9.84 Å². The van der Waals surface area contributed by atoms with E-state index in [9.17, 15) is 0 Å². The average molecular weight is 265 g/mol. The van der Waals surface area contributed by atoms with Crippen LogP contribution in [0.5, 0.6) is 5.75 Å². The lowest BCUT2D eigenvalue weighted by molar-refractivity contribution is 0.173. The number of benzene rings is 1. The first-order chi connectivity index (χ1) is 8.93. The molecule has 0 spiro atoms. The number of hydrogen-bond donors (Lipinski definition) is 2. The lowest BCUT2D eigenvalue weighted by atomic mass is 10.1. The van der Waals surface area contributed by atoms with Gasteiger partial charge in [0, 0.05) is 25.1 Å². The number of aliphatic hydroxyl groups excluding tert-OH is 1. The molecule has 3 nitrogen and oxygen atoms in total. The Morgan fingerprint density at radius 1 is 1.16 bits per heavy atom. The third kappa shape index (κ3) is 5.21. The lowest BCUT2D eigenvalue weighted by Crippen LogP contribution is -2.22. The van der Waals surface area contributed by atoms with Crippen LogP contribution in [0.15, 0.2) is 12.1 Å². The van der Waals surface area contributed by atoms with Crippen molar-refractivity contribution in [3.05, 3.63) is 28.8 Å². The lowest BCUT2D eigenvalue weighted by Gasteiger charge is -2.17. The summed E-state index contributed by atoms with van der Waals surface area (Å²) in [6.07, 6.45) is 0. The van der Waals surface area contributed by atoms with Crippen molar-refractivity contribution in [1.29, 1.82) is 0 Å². The number of hydrogen-bond acceptors (Lipinski definition) is 3. The van der Waals surface area contributed by atoms with Crippen LogP contribution in [-0.4, -0.2) is 24.4 Å². The second-order valence-electron chi connectivity index (χ2n) is 5.69. The summed E-state index contributed by atoms with van der Waals surface area (Å²) < 4.78 is 5.82. The molecule has 2 N–H and O–H groups in total. The van der Waals surface area contributed by atoms with Gasteiger partial charge in [0.25, 0.3) is 0 Å². The highest BCUT2D eigenvalue weighted by molar-refractivity contribution is 5.43. The fourth-order valence-corrected chi connectivity index (χ4v) is 1.97. The van der Waals surface area contributed by atoms with Gasteiger partial charge >= 0.3 is 0 Å². The summed E-state index contributed by atoms with van der Waals surface area (Å²) in [5.41, 5.74) is 3.60. The molecule has 0 bridgehead atoms. The summed E-state index contributed by atoms with van der Waals surface area (Å²) in [5.74, 6) is 1.12. The summed E-state index contributed by atoms with van der Waals surface area (Å²) in [7, 11) is 0. The van der Waals surface area contributed by atoms with Gasteiger partial charge in [-0.2, -0.15) is 0 Å². The number of ether oxygens (including phenoxy) is 1. The maximum atomic E-state index is 9.03. The maximum absolute atomic E-state index is 9.03. The third-order valence-corrected chi connectivity index (χ3v) is 3.06. The molecule has 1 rings (SSSR count). The molecule has 0 saturated carbocycles. The van der Waals surface area contributed by atoms with Crippen molar-refractivity contribution in [2.24, 2.45) is 5.92 Å². The molecule has 0 saturated heterocycles. The number of aryl methyl sites for hydroxylation is 2. The number of nitrogens with one attached hydrogen (secondary N) is 1. The van der Waals surface area contributed by atoms with Gasteiger partial charge in [0.1, 0.15) is 5.75 Å². The molecule has 0 amide bonds. The summed E-state index contributed by atoms with van der Waals surface area (Å²) in [5, 5.41) is 12.5. The molecule has 1 aromatic carbocycles. The van der Waals surface area contributed by atoms with Crippen molar-refractivity contribution in [2.75, 3.05) is 13.2 Å². The topological polar surface area (TPSA) is 41.5 Å². The fraction of sp³-hybridized carbons (Fsp3) is 0.625. The van der Waals surface area contributed by atoms with Gasteiger partial charge in [-0.15, -0.1) is 0 Å². The van der Waals surface area contributed by atoms with Crippen molar-refractivity contribution in [3.8, 4) is 5.75 Å². The van der Waals surface area contributed by atoms with Crippen molar-refractivity contribution in [3.63, 3.8) is 0 Å². The van der Waals surface area contributed by atoms with Gasteiger partial charge in [-0.1, -0.05) is 32.9 Å². The molecule has 0 aliphatic rings. The standard InChI is InChI=1S/C16H27NO2/c1-11(2)17-8-15-6-13(4)16(14(5)7-15)19-10-12(3)9-18/h6-7,11-12,17-18H,8-10H2,1-5H3. The Bertz CT molecular complexity index is 379.